The average molecular weight is 167 g/mol. The third-order valence-corrected chi connectivity index (χ3v) is 1.74. The SMILES string of the molecule is CC(CN)CCOSS. The largest absolute Gasteiger partial charge is 0.330 e. The Bertz CT molecular complexity index is 62.9. The summed E-state index contributed by atoms with van der Waals surface area (Å²) >= 11 is 4.92. The van der Waals surface area contributed by atoms with Crippen LogP contribution in [0.4, 0.5) is 0 Å². The molecule has 0 fully saturated rings. The first-order valence-corrected chi connectivity index (χ1v) is 4.73. The summed E-state index contributed by atoms with van der Waals surface area (Å²) in [5, 5.41) is 0. The van der Waals surface area contributed by atoms with Crippen LogP contribution in [0.25, 0.3) is 0 Å². The molecule has 1 unspecified atom stereocenters. The van der Waals surface area contributed by atoms with Gasteiger partial charge in [0, 0.05) is 0 Å². The quantitative estimate of drug-likeness (QED) is 0.282. The highest BCUT2D eigenvalue weighted by atomic mass is 33.1. The first-order valence-electron chi connectivity index (χ1n) is 2.94. The summed E-state index contributed by atoms with van der Waals surface area (Å²) in [5.74, 6) is 0.561. The summed E-state index contributed by atoms with van der Waals surface area (Å²) in [6.45, 7) is 3.58. The van der Waals surface area contributed by atoms with E-state index in [2.05, 4.69) is 18.6 Å². The zero-order valence-corrected chi connectivity index (χ0v) is 7.25. The molecule has 0 heterocycles. The van der Waals surface area contributed by atoms with Gasteiger partial charge in [0.25, 0.3) is 0 Å². The summed E-state index contributed by atoms with van der Waals surface area (Å²) in [5.41, 5.74) is 5.37. The Balaban J connectivity index is 2.88. The smallest absolute Gasteiger partial charge is 0.0627 e. The van der Waals surface area contributed by atoms with Crippen LogP contribution < -0.4 is 5.73 Å². The van der Waals surface area contributed by atoms with Crippen LogP contribution in [-0.2, 0) is 4.18 Å². The van der Waals surface area contributed by atoms with Crippen molar-refractivity contribution in [3.8, 4) is 0 Å². The number of hydrogen-bond acceptors (Lipinski definition) is 4. The minimum Gasteiger partial charge on any atom is -0.330 e. The fourth-order valence-corrected chi connectivity index (χ4v) is 0.799. The molecule has 0 aromatic rings. The minimum atomic E-state index is 0.561. The second-order valence-corrected chi connectivity index (χ2v) is 2.86. The van der Waals surface area contributed by atoms with Gasteiger partial charge in [-0.3, -0.25) is 0 Å². The van der Waals surface area contributed by atoms with E-state index in [0.717, 1.165) is 30.6 Å². The van der Waals surface area contributed by atoms with Crippen molar-refractivity contribution in [2.45, 2.75) is 13.3 Å². The molecule has 0 aliphatic rings. The van der Waals surface area contributed by atoms with E-state index >= 15 is 0 Å². The number of rotatable bonds is 5. The van der Waals surface area contributed by atoms with Gasteiger partial charge in [0.2, 0.25) is 0 Å². The minimum absolute atomic E-state index is 0.561. The van der Waals surface area contributed by atoms with Gasteiger partial charge < -0.3 is 9.92 Å². The molecule has 0 saturated carbocycles. The summed E-state index contributed by atoms with van der Waals surface area (Å²) in [6, 6.07) is 0. The van der Waals surface area contributed by atoms with Gasteiger partial charge in [-0.1, -0.05) is 18.6 Å². The van der Waals surface area contributed by atoms with E-state index in [-0.39, 0.29) is 0 Å². The fraction of sp³-hybridized carbons (Fsp3) is 1.00. The summed E-state index contributed by atoms with van der Waals surface area (Å²) in [7, 11) is 0. The van der Waals surface area contributed by atoms with E-state index in [4.69, 9.17) is 9.92 Å². The number of nitrogens with two attached hydrogens (primary N) is 1. The molecule has 56 valence electrons. The van der Waals surface area contributed by atoms with Crippen LogP contribution in [0, 0.1) is 5.92 Å². The first-order chi connectivity index (χ1) is 4.31. The van der Waals surface area contributed by atoms with Crippen LogP contribution in [0.1, 0.15) is 13.3 Å². The van der Waals surface area contributed by atoms with Gasteiger partial charge in [-0.2, -0.15) is 0 Å². The Morgan fingerprint density at radius 3 is 2.89 bits per heavy atom. The number of thiol groups is 1. The lowest BCUT2D eigenvalue weighted by atomic mass is 10.1. The van der Waals surface area contributed by atoms with Crippen molar-refractivity contribution in [2.24, 2.45) is 11.7 Å². The normalized spacial score (nSPS) is 13.7. The summed E-state index contributed by atoms with van der Waals surface area (Å²) in [6.07, 6.45) is 1.02. The Labute approximate surface area is 65.5 Å². The van der Waals surface area contributed by atoms with Crippen LogP contribution in [0.2, 0.25) is 0 Å². The molecule has 1 atom stereocenters. The Hall–Kier alpha value is 0.620. The highest BCUT2D eigenvalue weighted by Gasteiger charge is 1.96. The second kappa shape index (κ2) is 6.74. The van der Waals surface area contributed by atoms with E-state index in [0.29, 0.717) is 5.92 Å². The molecular weight excluding hydrogens is 154 g/mol. The third-order valence-electron chi connectivity index (χ3n) is 1.15. The van der Waals surface area contributed by atoms with Crippen molar-refractivity contribution in [3.05, 3.63) is 0 Å². The lowest BCUT2D eigenvalue weighted by molar-refractivity contribution is 0.333. The predicted molar refractivity (Wildman–Crippen MR) is 45.4 cm³/mol. The molecule has 0 bridgehead atoms. The summed E-state index contributed by atoms with van der Waals surface area (Å²) in [4.78, 5) is 0. The van der Waals surface area contributed by atoms with Gasteiger partial charge in [-0.15, -0.1) is 0 Å². The molecular formula is C5H13NOS2. The zero-order valence-electron chi connectivity index (χ0n) is 5.54. The molecule has 0 aliphatic heterocycles. The van der Waals surface area contributed by atoms with Crippen LogP contribution in [0.5, 0.6) is 0 Å². The van der Waals surface area contributed by atoms with E-state index in [1.165, 1.54) is 0 Å². The maximum absolute atomic E-state index is 5.37. The topological polar surface area (TPSA) is 35.2 Å². The fourth-order valence-electron chi connectivity index (χ4n) is 0.404. The molecule has 0 rings (SSSR count). The molecule has 0 amide bonds. The molecule has 0 aliphatic carbocycles. The van der Waals surface area contributed by atoms with Crippen LogP contribution in [0.3, 0.4) is 0 Å². The van der Waals surface area contributed by atoms with Crippen LogP contribution >= 0.6 is 22.7 Å². The summed E-state index contributed by atoms with van der Waals surface area (Å²) < 4.78 is 4.93. The van der Waals surface area contributed by atoms with Gasteiger partial charge in [0.05, 0.1) is 17.7 Å². The average Bonchev–Trinajstić information content (AvgIpc) is 1.89. The molecule has 4 heteroatoms. The monoisotopic (exact) mass is 167 g/mol. The van der Waals surface area contributed by atoms with E-state index < -0.39 is 0 Å². The van der Waals surface area contributed by atoms with Gasteiger partial charge in [-0.25, -0.2) is 0 Å². The molecule has 0 radical (unpaired) electrons. The standard InChI is InChI=1S/C5H13NOS2/c1-5(4-6)2-3-7-9-8/h5,8H,2-4,6H2,1H3. The van der Waals surface area contributed by atoms with Gasteiger partial charge in [0.15, 0.2) is 0 Å². The van der Waals surface area contributed by atoms with Crippen LogP contribution in [-0.4, -0.2) is 13.2 Å². The molecule has 2 nitrogen and oxygen atoms in total. The van der Waals surface area contributed by atoms with Crippen molar-refractivity contribution in [1.82, 2.24) is 0 Å². The molecule has 0 aromatic carbocycles. The van der Waals surface area contributed by atoms with Gasteiger partial charge in [-0.05, 0) is 18.9 Å². The van der Waals surface area contributed by atoms with Crippen LogP contribution in [0.15, 0.2) is 0 Å². The lowest BCUT2D eigenvalue weighted by Crippen LogP contribution is -2.11. The highest BCUT2D eigenvalue weighted by molar-refractivity contribution is 8.66. The predicted octanol–water partition coefficient (Wildman–Crippen LogP) is 1.48. The third kappa shape index (κ3) is 6.51. The molecule has 2 N–H and O–H groups in total. The van der Waals surface area contributed by atoms with Gasteiger partial charge in [0.1, 0.15) is 0 Å². The molecule has 0 spiro atoms. The molecule has 9 heavy (non-hydrogen) atoms. The van der Waals surface area contributed by atoms with E-state index in [9.17, 15) is 0 Å². The van der Waals surface area contributed by atoms with Crippen molar-refractivity contribution in [3.63, 3.8) is 0 Å². The van der Waals surface area contributed by atoms with Crippen molar-refractivity contribution < 1.29 is 4.18 Å². The van der Waals surface area contributed by atoms with Crippen molar-refractivity contribution >= 4 is 22.7 Å². The maximum Gasteiger partial charge on any atom is 0.0627 e. The molecule has 0 saturated heterocycles. The van der Waals surface area contributed by atoms with Crippen molar-refractivity contribution in [1.29, 1.82) is 0 Å². The second-order valence-electron chi connectivity index (χ2n) is 2.03. The van der Waals surface area contributed by atoms with E-state index in [1.54, 1.807) is 0 Å². The Morgan fingerprint density at radius 1 is 1.78 bits per heavy atom. The first kappa shape index (κ1) is 9.62. The maximum atomic E-state index is 5.37. The number of hydrogen-bond donors (Lipinski definition) is 2. The van der Waals surface area contributed by atoms with Gasteiger partial charge >= 0.3 is 0 Å². The lowest BCUT2D eigenvalue weighted by Gasteiger charge is -2.05. The zero-order chi connectivity index (χ0) is 7.11. The Kier molecular flexibility index (Phi) is 7.20. The van der Waals surface area contributed by atoms with E-state index in [1.807, 2.05) is 0 Å². The highest BCUT2D eigenvalue weighted by Crippen LogP contribution is 2.08. The Morgan fingerprint density at radius 2 is 2.44 bits per heavy atom. The molecule has 0 aromatic heterocycles. The van der Waals surface area contributed by atoms with Crippen molar-refractivity contribution in [2.75, 3.05) is 13.2 Å².